The van der Waals surface area contributed by atoms with E-state index in [-0.39, 0.29) is 5.56 Å². The zero-order chi connectivity index (χ0) is 8.97. The SMILES string of the molecule is CCC(C)Cn1ccccc1=O. The molecular formula is C10H15NO. The third-order valence-electron chi connectivity index (χ3n) is 2.10. The van der Waals surface area contributed by atoms with Gasteiger partial charge in [-0.1, -0.05) is 26.3 Å². The van der Waals surface area contributed by atoms with E-state index in [0.717, 1.165) is 13.0 Å². The van der Waals surface area contributed by atoms with Crippen molar-refractivity contribution in [1.82, 2.24) is 4.57 Å². The molecule has 0 aromatic carbocycles. The van der Waals surface area contributed by atoms with Gasteiger partial charge in [0.05, 0.1) is 0 Å². The first kappa shape index (κ1) is 9.04. The van der Waals surface area contributed by atoms with Gasteiger partial charge in [-0.15, -0.1) is 0 Å². The molecule has 12 heavy (non-hydrogen) atoms. The van der Waals surface area contributed by atoms with E-state index in [1.807, 2.05) is 12.3 Å². The Hall–Kier alpha value is -1.05. The average molecular weight is 165 g/mol. The Morgan fingerprint density at radius 1 is 1.50 bits per heavy atom. The molecule has 1 heterocycles. The van der Waals surface area contributed by atoms with Gasteiger partial charge < -0.3 is 4.57 Å². The fourth-order valence-corrected chi connectivity index (χ4v) is 1.08. The summed E-state index contributed by atoms with van der Waals surface area (Å²) in [6, 6.07) is 5.27. The molecule has 1 aromatic rings. The fraction of sp³-hybridized carbons (Fsp3) is 0.500. The molecule has 0 saturated carbocycles. The first-order chi connectivity index (χ1) is 5.74. The summed E-state index contributed by atoms with van der Waals surface area (Å²) < 4.78 is 1.76. The highest BCUT2D eigenvalue weighted by Crippen LogP contribution is 2.02. The number of hydrogen-bond acceptors (Lipinski definition) is 1. The van der Waals surface area contributed by atoms with Crippen LogP contribution in [0.5, 0.6) is 0 Å². The molecule has 2 nitrogen and oxygen atoms in total. The molecule has 1 aromatic heterocycles. The number of pyridine rings is 1. The first-order valence-electron chi connectivity index (χ1n) is 4.39. The van der Waals surface area contributed by atoms with Crippen molar-refractivity contribution in [1.29, 1.82) is 0 Å². The minimum atomic E-state index is 0.0952. The van der Waals surface area contributed by atoms with Gasteiger partial charge in [0.25, 0.3) is 5.56 Å². The first-order valence-corrected chi connectivity index (χ1v) is 4.39. The Labute approximate surface area is 72.8 Å². The van der Waals surface area contributed by atoms with E-state index in [1.54, 1.807) is 16.7 Å². The molecule has 0 fully saturated rings. The number of nitrogens with zero attached hydrogens (tertiary/aromatic N) is 1. The Morgan fingerprint density at radius 3 is 2.83 bits per heavy atom. The van der Waals surface area contributed by atoms with Crippen LogP contribution in [-0.4, -0.2) is 4.57 Å². The standard InChI is InChI=1S/C10H15NO/c1-3-9(2)8-11-7-5-4-6-10(11)12/h4-7,9H,3,8H2,1-2H3. The largest absolute Gasteiger partial charge is 0.315 e. The predicted octanol–water partition coefficient (Wildman–Crippen LogP) is 1.89. The lowest BCUT2D eigenvalue weighted by Gasteiger charge is -2.09. The lowest BCUT2D eigenvalue weighted by atomic mass is 10.1. The molecule has 1 atom stereocenters. The predicted molar refractivity (Wildman–Crippen MR) is 50.2 cm³/mol. The summed E-state index contributed by atoms with van der Waals surface area (Å²) in [5, 5.41) is 0. The molecule has 1 rings (SSSR count). The van der Waals surface area contributed by atoms with Crippen molar-refractivity contribution in [2.75, 3.05) is 0 Å². The topological polar surface area (TPSA) is 22.0 Å². The van der Waals surface area contributed by atoms with Gasteiger partial charge in [-0.2, -0.15) is 0 Å². The second-order valence-corrected chi connectivity index (χ2v) is 3.20. The van der Waals surface area contributed by atoms with Crippen molar-refractivity contribution >= 4 is 0 Å². The van der Waals surface area contributed by atoms with E-state index >= 15 is 0 Å². The van der Waals surface area contributed by atoms with Crippen LogP contribution >= 0.6 is 0 Å². The number of rotatable bonds is 3. The van der Waals surface area contributed by atoms with Gasteiger partial charge in [-0.3, -0.25) is 4.79 Å². The fourth-order valence-electron chi connectivity index (χ4n) is 1.08. The molecule has 0 N–H and O–H groups in total. The molecular weight excluding hydrogens is 150 g/mol. The van der Waals surface area contributed by atoms with Crippen LogP contribution in [0, 0.1) is 5.92 Å². The summed E-state index contributed by atoms with van der Waals surface area (Å²) in [4.78, 5) is 11.2. The van der Waals surface area contributed by atoms with Gasteiger partial charge in [-0.25, -0.2) is 0 Å². The van der Waals surface area contributed by atoms with Crippen LogP contribution in [0.2, 0.25) is 0 Å². The van der Waals surface area contributed by atoms with Crippen LogP contribution in [0.25, 0.3) is 0 Å². The molecule has 66 valence electrons. The van der Waals surface area contributed by atoms with Crippen molar-refractivity contribution in [2.45, 2.75) is 26.8 Å². The van der Waals surface area contributed by atoms with E-state index in [2.05, 4.69) is 13.8 Å². The third-order valence-corrected chi connectivity index (χ3v) is 2.10. The summed E-state index contributed by atoms with van der Waals surface area (Å²) >= 11 is 0. The van der Waals surface area contributed by atoms with E-state index in [4.69, 9.17) is 0 Å². The molecule has 0 aliphatic rings. The van der Waals surface area contributed by atoms with E-state index in [0.29, 0.717) is 5.92 Å². The van der Waals surface area contributed by atoms with Crippen LogP contribution in [0.3, 0.4) is 0 Å². The Balaban J connectivity index is 2.76. The van der Waals surface area contributed by atoms with Gasteiger partial charge in [0.2, 0.25) is 0 Å². The quantitative estimate of drug-likeness (QED) is 0.670. The zero-order valence-corrected chi connectivity index (χ0v) is 7.66. The van der Waals surface area contributed by atoms with Gasteiger partial charge in [0.15, 0.2) is 0 Å². The van der Waals surface area contributed by atoms with Crippen LogP contribution in [0.15, 0.2) is 29.2 Å². The minimum Gasteiger partial charge on any atom is -0.315 e. The van der Waals surface area contributed by atoms with Crippen LogP contribution in [-0.2, 0) is 6.54 Å². The number of aromatic nitrogens is 1. The maximum absolute atomic E-state index is 11.2. The molecule has 0 radical (unpaired) electrons. The molecule has 0 aliphatic heterocycles. The normalized spacial score (nSPS) is 12.8. The van der Waals surface area contributed by atoms with Crippen molar-refractivity contribution in [3.8, 4) is 0 Å². The van der Waals surface area contributed by atoms with E-state index < -0.39 is 0 Å². The maximum Gasteiger partial charge on any atom is 0.250 e. The highest BCUT2D eigenvalue weighted by atomic mass is 16.1. The summed E-state index contributed by atoms with van der Waals surface area (Å²) in [5.41, 5.74) is 0.0952. The van der Waals surface area contributed by atoms with Gasteiger partial charge in [-0.05, 0) is 12.0 Å². The van der Waals surface area contributed by atoms with E-state index in [9.17, 15) is 4.79 Å². The van der Waals surface area contributed by atoms with Gasteiger partial charge in [0.1, 0.15) is 0 Å². The Morgan fingerprint density at radius 2 is 2.25 bits per heavy atom. The van der Waals surface area contributed by atoms with Gasteiger partial charge in [0, 0.05) is 18.8 Å². The molecule has 0 amide bonds. The Kier molecular flexibility index (Phi) is 3.09. The highest BCUT2D eigenvalue weighted by molar-refractivity contribution is 4.93. The highest BCUT2D eigenvalue weighted by Gasteiger charge is 1.99. The summed E-state index contributed by atoms with van der Waals surface area (Å²) in [7, 11) is 0. The van der Waals surface area contributed by atoms with Crippen LogP contribution in [0.4, 0.5) is 0 Å². The minimum absolute atomic E-state index is 0.0952. The number of hydrogen-bond donors (Lipinski definition) is 0. The molecule has 0 aliphatic carbocycles. The third kappa shape index (κ3) is 2.22. The lowest BCUT2D eigenvalue weighted by Crippen LogP contribution is -2.20. The lowest BCUT2D eigenvalue weighted by molar-refractivity contribution is 0.460. The second-order valence-electron chi connectivity index (χ2n) is 3.20. The van der Waals surface area contributed by atoms with Crippen LogP contribution < -0.4 is 5.56 Å². The molecule has 0 saturated heterocycles. The average Bonchev–Trinajstić information content (AvgIpc) is 2.09. The maximum atomic E-state index is 11.2. The van der Waals surface area contributed by atoms with Gasteiger partial charge >= 0.3 is 0 Å². The molecule has 0 bridgehead atoms. The summed E-state index contributed by atoms with van der Waals surface area (Å²) in [5.74, 6) is 0.574. The van der Waals surface area contributed by atoms with E-state index in [1.165, 1.54) is 0 Å². The molecule has 0 spiro atoms. The van der Waals surface area contributed by atoms with Crippen molar-refractivity contribution in [3.63, 3.8) is 0 Å². The Bertz CT molecular complexity index is 290. The smallest absolute Gasteiger partial charge is 0.250 e. The summed E-state index contributed by atoms with van der Waals surface area (Å²) in [6.07, 6.45) is 2.95. The van der Waals surface area contributed by atoms with Crippen molar-refractivity contribution in [3.05, 3.63) is 34.7 Å². The zero-order valence-electron chi connectivity index (χ0n) is 7.66. The van der Waals surface area contributed by atoms with Crippen molar-refractivity contribution in [2.24, 2.45) is 5.92 Å². The van der Waals surface area contributed by atoms with Crippen molar-refractivity contribution < 1.29 is 0 Å². The monoisotopic (exact) mass is 165 g/mol. The molecule has 1 unspecified atom stereocenters. The van der Waals surface area contributed by atoms with Crippen LogP contribution in [0.1, 0.15) is 20.3 Å². The summed E-state index contributed by atoms with van der Waals surface area (Å²) in [6.45, 7) is 5.12. The molecule has 2 heteroatoms. The second kappa shape index (κ2) is 4.10.